The molecular weight excluding hydrogens is 346 g/mol. The first-order chi connectivity index (χ1) is 13.0. The molecule has 2 atom stereocenters. The highest BCUT2D eigenvalue weighted by atomic mass is 16.5. The van der Waals surface area contributed by atoms with Crippen molar-refractivity contribution in [2.24, 2.45) is 4.99 Å². The molecule has 148 valence electrons. The molecule has 2 aromatic rings. The van der Waals surface area contributed by atoms with E-state index < -0.39 is 0 Å². The highest BCUT2D eigenvalue weighted by molar-refractivity contribution is 5.80. The van der Waals surface area contributed by atoms with Crippen molar-refractivity contribution in [3.05, 3.63) is 28.7 Å². The number of guanidine groups is 1. The van der Waals surface area contributed by atoms with Crippen molar-refractivity contribution < 1.29 is 9.26 Å². The van der Waals surface area contributed by atoms with E-state index in [1.165, 1.54) is 0 Å². The summed E-state index contributed by atoms with van der Waals surface area (Å²) in [4.78, 5) is 8.88. The third kappa shape index (κ3) is 4.47. The van der Waals surface area contributed by atoms with Crippen LogP contribution in [-0.2, 0) is 24.3 Å². The zero-order valence-corrected chi connectivity index (χ0v) is 16.7. The summed E-state index contributed by atoms with van der Waals surface area (Å²) in [5.74, 6) is 3.71. The number of ether oxygens (including phenoxy) is 1. The molecule has 0 radical (unpaired) electrons. The third-order valence-corrected chi connectivity index (χ3v) is 4.90. The molecule has 0 saturated carbocycles. The highest BCUT2D eigenvalue weighted by Crippen LogP contribution is 2.22. The first-order valence-corrected chi connectivity index (χ1v) is 9.33. The molecule has 9 heteroatoms. The number of aliphatic imine (C=N–C) groups is 1. The lowest BCUT2D eigenvalue weighted by Crippen LogP contribution is -2.47. The van der Waals surface area contributed by atoms with Gasteiger partial charge in [-0.05, 0) is 20.3 Å². The fraction of sp³-hybridized carbons (Fsp3) is 0.667. The minimum Gasteiger partial charge on any atom is -0.377 e. The molecule has 2 unspecified atom stereocenters. The van der Waals surface area contributed by atoms with E-state index in [0.29, 0.717) is 6.61 Å². The van der Waals surface area contributed by atoms with Gasteiger partial charge in [-0.15, -0.1) is 0 Å². The number of nitrogens with one attached hydrogen (secondary N) is 2. The largest absolute Gasteiger partial charge is 0.377 e. The average molecular weight is 375 g/mol. The predicted molar refractivity (Wildman–Crippen MR) is 102 cm³/mol. The van der Waals surface area contributed by atoms with Crippen molar-refractivity contribution in [2.45, 2.75) is 58.7 Å². The summed E-state index contributed by atoms with van der Waals surface area (Å²) >= 11 is 0. The molecule has 3 rings (SSSR count). The lowest BCUT2D eigenvalue weighted by molar-refractivity contribution is 0.177. The van der Waals surface area contributed by atoms with Gasteiger partial charge >= 0.3 is 0 Å². The number of aryl methyl sites for hydroxylation is 3. The molecule has 0 aromatic carbocycles. The molecule has 1 aliphatic heterocycles. The molecule has 0 fully saturated rings. The summed E-state index contributed by atoms with van der Waals surface area (Å²) in [6.07, 6.45) is 1.88. The summed E-state index contributed by atoms with van der Waals surface area (Å²) in [6, 6.07) is 0.259. The second-order valence-corrected chi connectivity index (χ2v) is 7.03. The quantitative estimate of drug-likeness (QED) is 0.580. The third-order valence-electron chi connectivity index (χ3n) is 4.90. The van der Waals surface area contributed by atoms with Crippen LogP contribution in [0.3, 0.4) is 0 Å². The number of methoxy groups -OCH3 is 1. The van der Waals surface area contributed by atoms with Crippen molar-refractivity contribution in [1.29, 1.82) is 0 Å². The van der Waals surface area contributed by atoms with Crippen LogP contribution in [0.25, 0.3) is 0 Å². The van der Waals surface area contributed by atoms with E-state index in [2.05, 4.69) is 37.8 Å². The minimum absolute atomic E-state index is 0.259. The molecule has 2 aromatic heterocycles. The Labute approximate surface area is 159 Å². The lowest BCUT2D eigenvalue weighted by atomic mass is 10.00. The first-order valence-electron chi connectivity index (χ1n) is 9.33. The molecule has 9 nitrogen and oxygen atoms in total. The zero-order chi connectivity index (χ0) is 19.4. The normalized spacial score (nSPS) is 18.3. The summed E-state index contributed by atoms with van der Waals surface area (Å²) < 4.78 is 12.4. The maximum atomic E-state index is 5.28. The minimum atomic E-state index is 0.259. The maximum absolute atomic E-state index is 5.28. The predicted octanol–water partition coefficient (Wildman–Crippen LogP) is 1.31. The average Bonchev–Trinajstić information content (AvgIpc) is 3.20. The number of hydrogen-bond acceptors (Lipinski definition) is 6. The Morgan fingerprint density at radius 2 is 2.26 bits per heavy atom. The first kappa shape index (κ1) is 19.3. The molecule has 2 N–H and O–H groups in total. The lowest BCUT2D eigenvalue weighted by Gasteiger charge is -2.26. The van der Waals surface area contributed by atoms with Gasteiger partial charge in [0.1, 0.15) is 18.2 Å². The van der Waals surface area contributed by atoms with Crippen LogP contribution < -0.4 is 10.6 Å². The number of aromatic nitrogens is 4. The Bertz CT molecular complexity index is 776. The van der Waals surface area contributed by atoms with E-state index in [1.54, 1.807) is 14.2 Å². The Morgan fingerprint density at radius 3 is 2.93 bits per heavy atom. The molecule has 0 bridgehead atoms. The van der Waals surface area contributed by atoms with Crippen LogP contribution in [0, 0.1) is 13.8 Å². The van der Waals surface area contributed by atoms with Crippen LogP contribution in [0.5, 0.6) is 0 Å². The summed E-state index contributed by atoms with van der Waals surface area (Å²) in [5, 5.41) is 15.5. The van der Waals surface area contributed by atoms with Crippen molar-refractivity contribution >= 4 is 5.96 Å². The molecule has 0 amide bonds. The highest BCUT2D eigenvalue weighted by Gasteiger charge is 2.23. The fourth-order valence-corrected chi connectivity index (χ4v) is 3.60. The molecular formula is C18H29N7O2. The van der Waals surface area contributed by atoms with Crippen molar-refractivity contribution in [3.63, 3.8) is 0 Å². The second kappa shape index (κ2) is 8.51. The van der Waals surface area contributed by atoms with E-state index in [-0.39, 0.29) is 12.0 Å². The smallest absolute Gasteiger partial charge is 0.191 e. The van der Waals surface area contributed by atoms with Gasteiger partial charge in [0.2, 0.25) is 0 Å². The summed E-state index contributed by atoms with van der Waals surface area (Å²) in [5.41, 5.74) is 2.11. The number of hydrogen-bond donors (Lipinski definition) is 2. The SMILES string of the molecule is CN=C(NCC(C)c1c(C)noc1C)NC1CCc2nc(COC)nn2C1. The van der Waals surface area contributed by atoms with Gasteiger partial charge in [-0.2, -0.15) is 5.10 Å². The Hall–Kier alpha value is -2.42. The molecule has 0 aliphatic carbocycles. The van der Waals surface area contributed by atoms with E-state index in [4.69, 9.17) is 9.26 Å². The van der Waals surface area contributed by atoms with Crippen molar-refractivity contribution in [3.8, 4) is 0 Å². The molecule has 27 heavy (non-hydrogen) atoms. The van der Waals surface area contributed by atoms with E-state index in [0.717, 1.165) is 60.6 Å². The van der Waals surface area contributed by atoms with Gasteiger partial charge in [0.15, 0.2) is 11.8 Å². The van der Waals surface area contributed by atoms with Gasteiger partial charge in [-0.3, -0.25) is 4.99 Å². The standard InChI is InChI=1S/C18H29N7O2/c1-11(17-12(2)24-27-13(17)3)8-20-18(19-4)21-14-6-7-16-22-15(10-26-5)23-25(16)9-14/h11,14H,6-10H2,1-5H3,(H2,19,20,21). The van der Waals surface area contributed by atoms with Crippen molar-refractivity contribution in [2.75, 3.05) is 20.7 Å². The van der Waals surface area contributed by atoms with Gasteiger partial charge in [0, 0.05) is 44.6 Å². The van der Waals surface area contributed by atoms with Crippen LogP contribution in [0.1, 0.15) is 47.9 Å². The summed E-state index contributed by atoms with van der Waals surface area (Å²) in [7, 11) is 3.44. The van der Waals surface area contributed by atoms with Gasteiger partial charge in [-0.25, -0.2) is 9.67 Å². The van der Waals surface area contributed by atoms with Crippen LogP contribution in [0.2, 0.25) is 0 Å². The monoisotopic (exact) mass is 375 g/mol. The molecule has 0 saturated heterocycles. The molecule has 1 aliphatic rings. The Balaban J connectivity index is 1.54. The zero-order valence-electron chi connectivity index (χ0n) is 16.7. The van der Waals surface area contributed by atoms with Gasteiger partial charge < -0.3 is 19.9 Å². The molecule has 3 heterocycles. The Morgan fingerprint density at radius 1 is 1.44 bits per heavy atom. The summed E-state index contributed by atoms with van der Waals surface area (Å²) in [6.45, 7) is 8.06. The van der Waals surface area contributed by atoms with Crippen LogP contribution in [-0.4, -0.2) is 52.6 Å². The van der Waals surface area contributed by atoms with Gasteiger partial charge in [-0.1, -0.05) is 12.1 Å². The number of rotatable bonds is 6. The Kier molecular flexibility index (Phi) is 6.10. The van der Waals surface area contributed by atoms with Gasteiger partial charge in [0.25, 0.3) is 0 Å². The topological polar surface area (TPSA) is 102 Å². The van der Waals surface area contributed by atoms with Crippen LogP contribution in [0.4, 0.5) is 0 Å². The number of fused-ring (bicyclic) bond motifs is 1. The van der Waals surface area contributed by atoms with E-state index in [9.17, 15) is 0 Å². The van der Waals surface area contributed by atoms with Crippen LogP contribution >= 0.6 is 0 Å². The maximum Gasteiger partial charge on any atom is 0.191 e. The fourth-order valence-electron chi connectivity index (χ4n) is 3.60. The van der Waals surface area contributed by atoms with Crippen LogP contribution in [0.15, 0.2) is 9.52 Å². The van der Waals surface area contributed by atoms with Gasteiger partial charge in [0.05, 0.1) is 12.2 Å². The van der Waals surface area contributed by atoms with E-state index >= 15 is 0 Å². The number of nitrogens with zero attached hydrogens (tertiary/aromatic N) is 5. The van der Waals surface area contributed by atoms with E-state index in [1.807, 2.05) is 18.5 Å². The van der Waals surface area contributed by atoms with Crippen molar-refractivity contribution in [1.82, 2.24) is 30.6 Å². The molecule has 0 spiro atoms. The second-order valence-electron chi connectivity index (χ2n) is 7.03.